The van der Waals surface area contributed by atoms with Gasteiger partial charge in [-0.1, -0.05) is 13.8 Å². The average Bonchev–Trinajstić information content (AvgIpc) is 2.93. The summed E-state index contributed by atoms with van der Waals surface area (Å²) in [6.07, 6.45) is 8.28. The van der Waals surface area contributed by atoms with Gasteiger partial charge in [-0.25, -0.2) is 0 Å². The first-order chi connectivity index (χ1) is 9.20. The minimum atomic E-state index is 0.716. The van der Waals surface area contributed by atoms with Gasteiger partial charge in [-0.3, -0.25) is 0 Å². The summed E-state index contributed by atoms with van der Waals surface area (Å²) in [6, 6.07) is 2.99. The molecule has 1 atom stereocenters. The fraction of sp³-hybridized carbons (Fsp3) is 0.765. The van der Waals surface area contributed by atoms with Gasteiger partial charge in [0.25, 0.3) is 0 Å². The molecule has 1 aliphatic rings. The summed E-state index contributed by atoms with van der Waals surface area (Å²) >= 11 is 1.82. The summed E-state index contributed by atoms with van der Waals surface area (Å²) in [7, 11) is 2.15. The number of hydrogen-bond acceptors (Lipinski definition) is 2. The third-order valence-corrected chi connectivity index (χ3v) is 5.76. The summed E-state index contributed by atoms with van der Waals surface area (Å²) in [5.74, 6) is 2.75. The molecular formula is C17H29NS. The highest BCUT2D eigenvalue weighted by Gasteiger charge is 2.27. The zero-order valence-corrected chi connectivity index (χ0v) is 13.5. The van der Waals surface area contributed by atoms with Gasteiger partial charge in [-0.2, -0.15) is 11.3 Å². The molecule has 1 saturated carbocycles. The normalized spacial score (nSPS) is 25.7. The van der Waals surface area contributed by atoms with E-state index in [2.05, 4.69) is 43.0 Å². The monoisotopic (exact) mass is 279 g/mol. The summed E-state index contributed by atoms with van der Waals surface area (Å²) < 4.78 is 0. The molecular weight excluding hydrogens is 250 g/mol. The van der Waals surface area contributed by atoms with Crippen LogP contribution in [0.4, 0.5) is 0 Å². The third-order valence-electron chi connectivity index (χ3n) is 5.02. The van der Waals surface area contributed by atoms with E-state index in [4.69, 9.17) is 0 Å². The van der Waals surface area contributed by atoms with Crippen LogP contribution in [0.25, 0.3) is 0 Å². The lowest BCUT2D eigenvalue weighted by Crippen LogP contribution is -2.36. The van der Waals surface area contributed by atoms with Gasteiger partial charge in [0.15, 0.2) is 0 Å². The second-order valence-electron chi connectivity index (χ2n) is 6.48. The van der Waals surface area contributed by atoms with Crippen molar-refractivity contribution >= 4 is 11.3 Å². The first-order valence-corrected chi connectivity index (χ1v) is 8.83. The van der Waals surface area contributed by atoms with Crippen LogP contribution >= 0.6 is 11.3 Å². The Labute approximate surface area is 122 Å². The van der Waals surface area contributed by atoms with E-state index in [1.54, 1.807) is 0 Å². The highest BCUT2D eigenvalue weighted by Crippen LogP contribution is 2.35. The van der Waals surface area contributed by atoms with Gasteiger partial charge in [0.2, 0.25) is 0 Å². The van der Waals surface area contributed by atoms with Crippen LogP contribution in [-0.4, -0.2) is 13.1 Å². The lowest BCUT2D eigenvalue weighted by Gasteiger charge is -2.35. The van der Waals surface area contributed by atoms with Crippen molar-refractivity contribution in [1.29, 1.82) is 0 Å². The molecule has 0 bridgehead atoms. The van der Waals surface area contributed by atoms with Crippen molar-refractivity contribution in [3.63, 3.8) is 0 Å². The van der Waals surface area contributed by atoms with Crippen LogP contribution in [0.5, 0.6) is 0 Å². The van der Waals surface area contributed by atoms with Crippen molar-refractivity contribution in [2.75, 3.05) is 7.05 Å². The van der Waals surface area contributed by atoms with Crippen molar-refractivity contribution in [2.24, 2.45) is 17.8 Å². The molecule has 1 nitrogen and oxygen atoms in total. The van der Waals surface area contributed by atoms with Crippen molar-refractivity contribution in [1.82, 2.24) is 5.32 Å². The second kappa shape index (κ2) is 7.44. The second-order valence-corrected chi connectivity index (χ2v) is 7.26. The molecule has 1 heterocycles. The zero-order valence-electron chi connectivity index (χ0n) is 12.7. The molecule has 1 N–H and O–H groups in total. The van der Waals surface area contributed by atoms with Crippen LogP contribution in [0.1, 0.15) is 51.5 Å². The predicted molar refractivity (Wildman–Crippen MR) is 85.8 cm³/mol. The maximum atomic E-state index is 3.58. The molecule has 1 aromatic rings. The quantitative estimate of drug-likeness (QED) is 0.793. The summed E-state index contributed by atoms with van der Waals surface area (Å²) in [5.41, 5.74) is 1.51. The summed E-state index contributed by atoms with van der Waals surface area (Å²) in [6.45, 7) is 4.77. The van der Waals surface area contributed by atoms with Gasteiger partial charge >= 0.3 is 0 Å². The van der Waals surface area contributed by atoms with Crippen LogP contribution < -0.4 is 5.32 Å². The van der Waals surface area contributed by atoms with Crippen LogP contribution in [0.2, 0.25) is 0 Å². The van der Waals surface area contributed by atoms with Gasteiger partial charge in [0, 0.05) is 6.04 Å². The lowest BCUT2D eigenvalue weighted by molar-refractivity contribution is 0.188. The fourth-order valence-corrected chi connectivity index (χ4v) is 4.29. The zero-order chi connectivity index (χ0) is 13.7. The summed E-state index contributed by atoms with van der Waals surface area (Å²) in [5, 5.41) is 8.07. The van der Waals surface area contributed by atoms with Gasteiger partial charge < -0.3 is 5.32 Å². The molecule has 108 valence electrons. The van der Waals surface area contributed by atoms with E-state index < -0.39 is 0 Å². The molecule has 19 heavy (non-hydrogen) atoms. The molecule has 2 heteroatoms. The number of nitrogens with one attached hydrogen (secondary N) is 1. The number of rotatable bonds is 6. The number of hydrogen-bond donors (Lipinski definition) is 1. The van der Waals surface area contributed by atoms with E-state index >= 15 is 0 Å². The van der Waals surface area contributed by atoms with Crippen LogP contribution in [0.15, 0.2) is 16.8 Å². The fourth-order valence-electron chi connectivity index (χ4n) is 3.59. The predicted octanol–water partition coefficient (Wildman–Crippen LogP) is 4.73. The van der Waals surface area contributed by atoms with Crippen LogP contribution in [0, 0.1) is 17.8 Å². The molecule has 2 rings (SSSR count). The molecule has 1 unspecified atom stereocenters. The van der Waals surface area contributed by atoms with Crippen molar-refractivity contribution < 1.29 is 0 Å². The van der Waals surface area contributed by atoms with E-state index in [0.717, 1.165) is 17.8 Å². The standard InChI is InChI=1S/C17H29NS/c1-13(2)15-5-7-16(8-6-15)17(18-3)9-4-14-10-11-19-12-14/h10-13,15-18H,4-9H2,1-3H3. The molecule has 1 aliphatic carbocycles. The Morgan fingerprint density at radius 2 is 1.89 bits per heavy atom. The number of thiophene rings is 1. The van der Waals surface area contributed by atoms with E-state index in [1.165, 1.54) is 44.1 Å². The molecule has 0 radical (unpaired) electrons. The molecule has 0 amide bonds. The smallest absolute Gasteiger partial charge is 0.00955 e. The van der Waals surface area contributed by atoms with Gasteiger partial charge in [-0.05, 0) is 85.7 Å². The molecule has 0 aliphatic heterocycles. The van der Waals surface area contributed by atoms with E-state index in [0.29, 0.717) is 6.04 Å². The lowest BCUT2D eigenvalue weighted by atomic mass is 9.74. The Hall–Kier alpha value is -0.340. The first-order valence-electron chi connectivity index (χ1n) is 7.89. The van der Waals surface area contributed by atoms with Crippen molar-refractivity contribution in [3.8, 4) is 0 Å². The SMILES string of the molecule is CNC(CCc1ccsc1)C1CCC(C(C)C)CC1. The Morgan fingerprint density at radius 1 is 1.21 bits per heavy atom. The molecule has 0 saturated heterocycles. The maximum absolute atomic E-state index is 3.58. The highest BCUT2D eigenvalue weighted by atomic mass is 32.1. The van der Waals surface area contributed by atoms with Crippen molar-refractivity contribution in [2.45, 2.75) is 58.4 Å². The van der Waals surface area contributed by atoms with Gasteiger partial charge in [0.05, 0.1) is 0 Å². The van der Waals surface area contributed by atoms with Gasteiger partial charge in [-0.15, -0.1) is 0 Å². The molecule has 0 spiro atoms. The Kier molecular flexibility index (Phi) is 5.90. The minimum Gasteiger partial charge on any atom is -0.317 e. The van der Waals surface area contributed by atoms with Crippen LogP contribution in [-0.2, 0) is 6.42 Å². The number of aryl methyl sites for hydroxylation is 1. The topological polar surface area (TPSA) is 12.0 Å². The molecule has 1 aromatic heterocycles. The average molecular weight is 279 g/mol. The molecule has 0 aromatic carbocycles. The Balaban J connectivity index is 1.78. The summed E-state index contributed by atoms with van der Waals surface area (Å²) in [4.78, 5) is 0. The van der Waals surface area contributed by atoms with E-state index in [-0.39, 0.29) is 0 Å². The largest absolute Gasteiger partial charge is 0.317 e. The minimum absolute atomic E-state index is 0.716. The van der Waals surface area contributed by atoms with E-state index in [9.17, 15) is 0 Å². The Bertz CT molecular complexity index is 336. The Morgan fingerprint density at radius 3 is 2.42 bits per heavy atom. The van der Waals surface area contributed by atoms with E-state index in [1.807, 2.05) is 11.3 Å². The first kappa shape index (κ1) is 15.1. The highest BCUT2D eigenvalue weighted by molar-refractivity contribution is 7.07. The van der Waals surface area contributed by atoms with Gasteiger partial charge in [0.1, 0.15) is 0 Å². The molecule has 1 fully saturated rings. The third kappa shape index (κ3) is 4.32. The van der Waals surface area contributed by atoms with Crippen molar-refractivity contribution in [3.05, 3.63) is 22.4 Å². The maximum Gasteiger partial charge on any atom is 0.00955 e. The van der Waals surface area contributed by atoms with Crippen LogP contribution in [0.3, 0.4) is 0 Å².